The van der Waals surface area contributed by atoms with Gasteiger partial charge in [0.1, 0.15) is 11.8 Å². The van der Waals surface area contributed by atoms with Crippen molar-refractivity contribution in [1.82, 2.24) is 0 Å². The minimum atomic E-state index is -0.137. The van der Waals surface area contributed by atoms with Crippen LogP contribution in [-0.4, -0.2) is 0 Å². The van der Waals surface area contributed by atoms with Crippen LogP contribution in [-0.2, 0) is 0 Å². The molecular formula is C7H8N2O. The zero-order valence-electron chi connectivity index (χ0n) is 5.66. The molecule has 0 radical (unpaired) electrons. The van der Waals surface area contributed by atoms with Gasteiger partial charge in [-0.15, -0.1) is 0 Å². The fraction of sp³-hybridized carbons (Fsp3) is 0.286. The Morgan fingerprint density at radius 3 is 2.70 bits per heavy atom. The van der Waals surface area contributed by atoms with Crippen LogP contribution in [0, 0.1) is 11.3 Å². The maximum absolute atomic E-state index is 8.35. The highest BCUT2D eigenvalue weighted by Gasteiger charge is 2.03. The van der Waals surface area contributed by atoms with Crippen molar-refractivity contribution in [3.63, 3.8) is 0 Å². The van der Waals surface area contributed by atoms with Crippen molar-refractivity contribution < 1.29 is 4.42 Å². The van der Waals surface area contributed by atoms with Gasteiger partial charge in [0.25, 0.3) is 0 Å². The molecule has 0 spiro atoms. The normalized spacial score (nSPS) is 12.5. The van der Waals surface area contributed by atoms with Crippen molar-refractivity contribution in [2.24, 2.45) is 5.73 Å². The molecule has 1 rings (SSSR count). The molecule has 0 aliphatic heterocycles. The predicted molar refractivity (Wildman–Crippen MR) is 36.0 cm³/mol. The van der Waals surface area contributed by atoms with E-state index >= 15 is 0 Å². The van der Waals surface area contributed by atoms with Gasteiger partial charge in [-0.1, -0.05) is 0 Å². The summed E-state index contributed by atoms with van der Waals surface area (Å²) in [5, 5.41) is 8.35. The summed E-state index contributed by atoms with van der Waals surface area (Å²) in [6.07, 6.45) is 0. The van der Waals surface area contributed by atoms with Crippen molar-refractivity contribution in [3.8, 4) is 6.07 Å². The molecule has 0 amide bonds. The molecule has 3 nitrogen and oxygen atoms in total. The van der Waals surface area contributed by atoms with E-state index in [0.717, 1.165) is 0 Å². The fourth-order valence-corrected chi connectivity index (χ4v) is 0.658. The highest BCUT2D eigenvalue weighted by molar-refractivity contribution is 5.20. The number of nitrogens with two attached hydrogens (primary N) is 1. The summed E-state index contributed by atoms with van der Waals surface area (Å²) in [6, 6.07) is 5.06. The number of rotatable bonds is 1. The van der Waals surface area contributed by atoms with Gasteiger partial charge in [-0.3, -0.25) is 0 Å². The highest BCUT2D eigenvalue weighted by Crippen LogP contribution is 2.12. The summed E-state index contributed by atoms with van der Waals surface area (Å²) in [5.41, 5.74) is 5.48. The molecule has 52 valence electrons. The van der Waals surface area contributed by atoms with Crippen molar-refractivity contribution >= 4 is 0 Å². The molecule has 0 bridgehead atoms. The molecule has 0 aliphatic carbocycles. The summed E-state index contributed by atoms with van der Waals surface area (Å²) in [7, 11) is 0. The second-order valence-corrected chi connectivity index (χ2v) is 2.10. The smallest absolute Gasteiger partial charge is 0.203 e. The van der Waals surface area contributed by atoms with E-state index < -0.39 is 0 Å². The Morgan fingerprint density at radius 1 is 1.70 bits per heavy atom. The third kappa shape index (κ3) is 1.17. The van der Waals surface area contributed by atoms with Gasteiger partial charge in [-0.25, -0.2) is 0 Å². The van der Waals surface area contributed by atoms with Crippen LogP contribution in [0.15, 0.2) is 16.5 Å². The van der Waals surface area contributed by atoms with E-state index in [0.29, 0.717) is 11.5 Å². The van der Waals surface area contributed by atoms with Gasteiger partial charge < -0.3 is 10.2 Å². The van der Waals surface area contributed by atoms with Gasteiger partial charge in [0.15, 0.2) is 0 Å². The largest absolute Gasteiger partial charge is 0.449 e. The van der Waals surface area contributed by atoms with Crippen LogP contribution in [0.5, 0.6) is 0 Å². The van der Waals surface area contributed by atoms with Gasteiger partial charge in [0.05, 0.1) is 6.04 Å². The fourth-order valence-electron chi connectivity index (χ4n) is 0.658. The first-order valence-electron chi connectivity index (χ1n) is 2.99. The molecule has 0 fully saturated rings. The first-order valence-corrected chi connectivity index (χ1v) is 2.99. The highest BCUT2D eigenvalue weighted by atomic mass is 16.3. The van der Waals surface area contributed by atoms with E-state index in [9.17, 15) is 0 Å². The molecule has 1 aromatic heterocycles. The van der Waals surface area contributed by atoms with Gasteiger partial charge in [-0.05, 0) is 19.1 Å². The number of hydrogen-bond acceptors (Lipinski definition) is 3. The molecule has 1 atom stereocenters. The Morgan fingerprint density at radius 2 is 2.40 bits per heavy atom. The molecule has 1 heterocycles. The molecule has 0 saturated carbocycles. The van der Waals surface area contributed by atoms with Crippen LogP contribution in [0.1, 0.15) is 24.5 Å². The van der Waals surface area contributed by atoms with Gasteiger partial charge in [0, 0.05) is 0 Å². The summed E-state index contributed by atoms with van der Waals surface area (Å²) in [4.78, 5) is 0. The maximum Gasteiger partial charge on any atom is 0.203 e. The average Bonchev–Trinajstić information content (AvgIpc) is 2.34. The van der Waals surface area contributed by atoms with E-state index in [1.165, 1.54) is 0 Å². The zero-order chi connectivity index (χ0) is 7.56. The number of nitriles is 1. The van der Waals surface area contributed by atoms with E-state index in [2.05, 4.69) is 0 Å². The third-order valence-electron chi connectivity index (χ3n) is 1.19. The van der Waals surface area contributed by atoms with Crippen molar-refractivity contribution in [3.05, 3.63) is 23.7 Å². The Kier molecular flexibility index (Phi) is 1.74. The number of hydrogen-bond donors (Lipinski definition) is 1. The Labute approximate surface area is 59.1 Å². The van der Waals surface area contributed by atoms with Crippen LogP contribution in [0.4, 0.5) is 0 Å². The van der Waals surface area contributed by atoms with Crippen molar-refractivity contribution in [2.75, 3.05) is 0 Å². The molecule has 3 heteroatoms. The summed E-state index contributed by atoms with van der Waals surface area (Å²) >= 11 is 0. The Balaban J connectivity index is 2.91. The zero-order valence-corrected chi connectivity index (χ0v) is 5.66. The molecule has 0 aliphatic rings. The Hall–Kier alpha value is -1.27. The SMILES string of the molecule is CC(N)c1ccc(C#N)o1. The lowest BCUT2D eigenvalue weighted by Gasteiger charge is -1.96. The monoisotopic (exact) mass is 136 g/mol. The van der Waals surface area contributed by atoms with Crippen LogP contribution in [0.25, 0.3) is 0 Å². The maximum atomic E-state index is 8.35. The molecular weight excluding hydrogens is 128 g/mol. The summed E-state index contributed by atoms with van der Waals surface area (Å²) < 4.78 is 5.01. The van der Waals surface area contributed by atoms with E-state index in [-0.39, 0.29) is 6.04 Å². The molecule has 2 N–H and O–H groups in total. The minimum Gasteiger partial charge on any atom is -0.449 e. The van der Waals surface area contributed by atoms with Gasteiger partial charge >= 0.3 is 0 Å². The minimum absolute atomic E-state index is 0.137. The second kappa shape index (κ2) is 2.54. The summed E-state index contributed by atoms with van der Waals surface area (Å²) in [6.45, 7) is 1.81. The second-order valence-electron chi connectivity index (χ2n) is 2.10. The third-order valence-corrected chi connectivity index (χ3v) is 1.19. The topological polar surface area (TPSA) is 63.0 Å². The van der Waals surface area contributed by atoms with Crippen LogP contribution < -0.4 is 5.73 Å². The van der Waals surface area contributed by atoms with Crippen LogP contribution in [0.2, 0.25) is 0 Å². The standard InChI is InChI=1S/C7H8N2O/c1-5(9)7-3-2-6(4-8)10-7/h2-3,5H,9H2,1H3. The molecule has 0 saturated heterocycles. The van der Waals surface area contributed by atoms with Crippen LogP contribution in [0.3, 0.4) is 0 Å². The average molecular weight is 136 g/mol. The lowest BCUT2D eigenvalue weighted by Crippen LogP contribution is -2.02. The molecule has 1 aromatic rings. The molecule has 0 aromatic carbocycles. The molecule has 1 unspecified atom stereocenters. The van der Waals surface area contributed by atoms with Crippen molar-refractivity contribution in [1.29, 1.82) is 5.26 Å². The van der Waals surface area contributed by atoms with E-state index in [4.69, 9.17) is 15.4 Å². The number of nitrogens with zero attached hydrogens (tertiary/aromatic N) is 1. The van der Waals surface area contributed by atoms with Crippen molar-refractivity contribution in [2.45, 2.75) is 13.0 Å². The van der Waals surface area contributed by atoms with Crippen LogP contribution >= 0.6 is 0 Å². The Bertz CT molecular complexity index is 257. The van der Waals surface area contributed by atoms with E-state index in [1.807, 2.05) is 6.07 Å². The number of furan rings is 1. The summed E-state index contributed by atoms with van der Waals surface area (Å²) in [5.74, 6) is 0.962. The lowest BCUT2D eigenvalue weighted by molar-refractivity contribution is 0.470. The predicted octanol–water partition coefficient (Wildman–Crippen LogP) is 1.17. The first kappa shape index (κ1) is 6.84. The van der Waals surface area contributed by atoms with Gasteiger partial charge in [-0.2, -0.15) is 5.26 Å². The molecule has 10 heavy (non-hydrogen) atoms. The van der Waals surface area contributed by atoms with E-state index in [1.54, 1.807) is 19.1 Å². The quantitative estimate of drug-likeness (QED) is 0.630. The lowest BCUT2D eigenvalue weighted by atomic mass is 10.3. The van der Waals surface area contributed by atoms with Gasteiger partial charge in [0.2, 0.25) is 5.76 Å². The first-order chi connectivity index (χ1) is 4.74.